The first-order valence-electron chi connectivity index (χ1n) is 5.82. The van der Waals surface area contributed by atoms with Crippen molar-refractivity contribution in [1.29, 1.82) is 0 Å². The van der Waals surface area contributed by atoms with Gasteiger partial charge in [-0.15, -0.1) is 0 Å². The molecule has 0 aliphatic carbocycles. The summed E-state index contributed by atoms with van der Waals surface area (Å²) in [5.74, 6) is -0.161. The van der Waals surface area contributed by atoms with Crippen LogP contribution in [-0.2, 0) is 14.3 Å². The van der Waals surface area contributed by atoms with Crippen LogP contribution in [0.3, 0.4) is 0 Å². The molecule has 0 aromatic heterocycles. The van der Waals surface area contributed by atoms with E-state index in [1.165, 1.54) is 7.11 Å². The van der Waals surface area contributed by atoms with Crippen LogP contribution in [0.4, 0.5) is 0 Å². The molecular formula is C11H22N2O3. The van der Waals surface area contributed by atoms with E-state index in [-0.39, 0.29) is 12.0 Å². The van der Waals surface area contributed by atoms with Crippen molar-refractivity contribution in [1.82, 2.24) is 10.2 Å². The summed E-state index contributed by atoms with van der Waals surface area (Å²) in [5, 5.41) is 3.31. The number of ether oxygens (including phenoxy) is 2. The molecule has 0 saturated carbocycles. The number of carbonyl (C=O) groups excluding carboxylic acids is 1. The van der Waals surface area contributed by atoms with E-state index >= 15 is 0 Å². The Labute approximate surface area is 97.1 Å². The van der Waals surface area contributed by atoms with E-state index in [9.17, 15) is 4.79 Å². The number of morpholine rings is 1. The second kappa shape index (κ2) is 7.60. The predicted molar refractivity (Wildman–Crippen MR) is 61.4 cm³/mol. The largest absolute Gasteiger partial charge is 0.469 e. The quantitative estimate of drug-likeness (QED) is 0.644. The first-order valence-corrected chi connectivity index (χ1v) is 5.82. The SMILES string of the molecule is COC(=O)C[C@H](C)NCCN1CCOCC1. The van der Waals surface area contributed by atoms with E-state index in [4.69, 9.17) is 4.74 Å². The highest BCUT2D eigenvalue weighted by Gasteiger charge is 2.11. The third kappa shape index (κ3) is 5.44. The number of carbonyl (C=O) groups is 1. The Morgan fingerprint density at radius 2 is 2.19 bits per heavy atom. The smallest absolute Gasteiger partial charge is 0.307 e. The highest BCUT2D eigenvalue weighted by Crippen LogP contribution is 1.96. The summed E-state index contributed by atoms with van der Waals surface area (Å²) < 4.78 is 9.88. The van der Waals surface area contributed by atoms with Crippen LogP contribution in [-0.4, -0.2) is 63.4 Å². The van der Waals surface area contributed by atoms with Crippen molar-refractivity contribution >= 4 is 5.97 Å². The topological polar surface area (TPSA) is 50.8 Å². The lowest BCUT2D eigenvalue weighted by atomic mass is 10.2. The van der Waals surface area contributed by atoms with Crippen LogP contribution in [0.5, 0.6) is 0 Å². The third-order valence-corrected chi connectivity index (χ3v) is 2.73. The van der Waals surface area contributed by atoms with Gasteiger partial charge in [-0.3, -0.25) is 9.69 Å². The van der Waals surface area contributed by atoms with Crippen molar-refractivity contribution < 1.29 is 14.3 Å². The van der Waals surface area contributed by atoms with Gasteiger partial charge in [0.25, 0.3) is 0 Å². The van der Waals surface area contributed by atoms with Crippen LogP contribution in [0, 0.1) is 0 Å². The standard InChI is InChI=1S/C11H22N2O3/c1-10(9-11(14)15-2)12-3-4-13-5-7-16-8-6-13/h10,12H,3-9H2,1-2H3/t10-/m0/s1. The van der Waals surface area contributed by atoms with E-state index in [0.717, 1.165) is 39.4 Å². The molecule has 0 aromatic carbocycles. The molecule has 1 atom stereocenters. The average molecular weight is 230 g/mol. The molecule has 0 aromatic rings. The highest BCUT2D eigenvalue weighted by molar-refractivity contribution is 5.69. The zero-order chi connectivity index (χ0) is 11.8. The fourth-order valence-corrected chi connectivity index (χ4v) is 1.70. The molecule has 0 spiro atoms. The van der Waals surface area contributed by atoms with Crippen molar-refractivity contribution in [3.63, 3.8) is 0 Å². The van der Waals surface area contributed by atoms with Gasteiger partial charge in [0.2, 0.25) is 0 Å². The van der Waals surface area contributed by atoms with E-state index in [0.29, 0.717) is 6.42 Å². The van der Waals surface area contributed by atoms with Crippen molar-refractivity contribution in [3.8, 4) is 0 Å². The van der Waals surface area contributed by atoms with Gasteiger partial charge in [0, 0.05) is 32.2 Å². The lowest BCUT2D eigenvalue weighted by Crippen LogP contribution is -2.42. The van der Waals surface area contributed by atoms with Crippen LogP contribution in [0.15, 0.2) is 0 Å². The summed E-state index contributed by atoms with van der Waals surface area (Å²) in [4.78, 5) is 13.4. The Morgan fingerprint density at radius 3 is 2.81 bits per heavy atom. The zero-order valence-corrected chi connectivity index (χ0v) is 10.2. The number of nitrogens with zero attached hydrogens (tertiary/aromatic N) is 1. The van der Waals surface area contributed by atoms with Crippen LogP contribution >= 0.6 is 0 Å². The molecular weight excluding hydrogens is 208 g/mol. The summed E-state index contributed by atoms with van der Waals surface area (Å²) in [5.41, 5.74) is 0. The van der Waals surface area contributed by atoms with Gasteiger partial charge in [-0.05, 0) is 6.92 Å². The van der Waals surface area contributed by atoms with Crippen molar-refractivity contribution in [2.75, 3.05) is 46.5 Å². The van der Waals surface area contributed by atoms with Gasteiger partial charge in [-0.1, -0.05) is 0 Å². The summed E-state index contributed by atoms with van der Waals surface area (Å²) >= 11 is 0. The van der Waals surface area contributed by atoms with Gasteiger partial charge in [-0.2, -0.15) is 0 Å². The number of nitrogens with one attached hydrogen (secondary N) is 1. The lowest BCUT2D eigenvalue weighted by molar-refractivity contribution is -0.141. The van der Waals surface area contributed by atoms with Gasteiger partial charge in [0.1, 0.15) is 0 Å². The molecule has 1 aliphatic heterocycles. The highest BCUT2D eigenvalue weighted by atomic mass is 16.5. The molecule has 1 rings (SSSR count). The molecule has 94 valence electrons. The molecule has 1 aliphatic rings. The number of rotatable bonds is 6. The third-order valence-electron chi connectivity index (χ3n) is 2.73. The Hall–Kier alpha value is -0.650. The maximum Gasteiger partial charge on any atom is 0.307 e. The molecule has 1 fully saturated rings. The summed E-state index contributed by atoms with van der Waals surface area (Å²) in [6.45, 7) is 7.58. The van der Waals surface area contributed by atoms with Crippen LogP contribution in [0.25, 0.3) is 0 Å². The second-order valence-electron chi connectivity index (χ2n) is 4.09. The predicted octanol–water partition coefficient (Wildman–Crippen LogP) is -0.140. The minimum Gasteiger partial charge on any atom is -0.469 e. The van der Waals surface area contributed by atoms with Gasteiger partial charge < -0.3 is 14.8 Å². The van der Waals surface area contributed by atoms with Crippen molar-refractivity contribution in [3.05, 3.63) is 0 Å². The maximum absolute atomic E-state index is 11.0. The minimum absolute atomic E-state index is 0.161. The summed E-state index contributed by atoms with van der Waals surface area (Å²) in [6.07, 6.45) is 0.430. The summed E-state index contributed by atoms with van der Waals surface area (Å²) in [7, 11) is 1.42. The van der Waals surface area contributed by atoms with Gasteiger partial charge >= 0.3 is 5.97 Å². The van der Waals surface area contributed by atoms with Crippen molar-refractivity contribution in [2.45, 2.75) is 19.4 Å². The molecule has 0 amide bonds. The molecule has 1 saturated heterocycles. The average Bonchev–Trinajstić information content (AvgIpc) is 2.30. The first-order chi connectivity index (χ1) is 7.72. The van der Waals surface area contributed by atoms with E-state index < -0.39 is 0 Å². The lowest BCUT2D eigenvalue weighted by Gasteiger charge is -2.27. The molecule has 0 bridgehead atoms. The zero-order valence-electron chi connectivity index (χ0n) is 10.2. The fourth-order valence-electron chi connectivity index (χ4n) is 1.70. The van der Waals surface area contributed by atoms with Crippen LogP contribution in [0.1, 0.15) is 13.3 Å². The first kappa shape index (κ1) is 13.4. The molecule has 0 radical (unpaired) electrons. The van der Waals surface area contributed by atoms with Gasteiger partial charge in [-0.25, -0.2) is 0 Å². The Morgan fingerprint density at radius 1 is 1.50 bits per heavy atom. The minimum atomic E-state index is -0.161. The molecule has 5 heteroatoms. The normalized spacial score (nSPS) is 19.4. The Balaban J connectivity index is 2.03. The monoisotopic (exact) mass is 230 g/mol. The number of esters is 1. The summed E-state index contributed by atoms with van der Waals surface area (Å²) in [6, 6.07) is 0.175. The number of methoxy groups -OCH3 is 1. The number of hydrogen-bond donors (Lipinski definition) is 1. The Bertz CT molecular complexity index is 205. The van der Waals surface area contributed by atoms with E-state index in [2.05, 4.69) is 15.0 Å². The fraction of sp³-hybridized carbons (Fsp3) is 0.909. The van der Waals surface area contributed by atoms with E-state index in [1.807, 2.05) is 6.92 Å². The second-order valence-corrected chi connectivity index (χ2v) is 4.09. The number of hydrogen-bond acceptors (Lipinski definition) is 5. The molecule has 5 nitrogen and oxygen atoms in total. The van der Waals surface area contributed by atoms with Gasteiger partial charge in [0.05, 0.1) is 26.7 Å². The molecule has 0 unspecified atom stereocenters. The van der Waals surface area contributed by atoms with E-state index in [1.54, 1.807) is 0 Å². The van der Waals surface area contributed by atoms with Gasteiger partial charge in [0.15, 0.2) is 0 Å². The Kier molecular flexibility index (Phi) is 6.37. The molecule has 1 heterocycles. The molecule has 16 heavy (non-hydrogen) atoms. The van der Waals surface area contributed by atoms with Crippen LogP contribution in [0.2, 0.25) is 0 Å². The van der Waals surface area contributed by atoms with Crippen molar-refractivity contribution in [2.24, 2.45) is 0 Å². The molecule has 1 N–H and O–H groups in total. The van der Waals surface area contributed by atoms with Crippen LogP contribution < -0.4 is 5.32 Å². The maximum atomic E-state index is 11.0.